The number of thioether (sulfide) groups is 1. The molecule has 0 atom stereocenters. The van der Waals surface area contributed by atoms with Gasteiger partial charge in [-0.15, -0.1) is 11.3 Å². The molecule has 0 saturated carbocycles. The highest BCUT2D eigenvalue weighted by Gasteiger charge is 2.21. The van der Waals surface area contributed by atoms with Crippen LogP contribution in [0.2, 0.25) is 5.02 Å². The Morgan fingerprint density at radius 2 is 2.08 bits per heavy atom. The molecule has 0 N–H and O–H groups in total. The Balaban J connectivity index is 1.76. The average Bonchev–Trinajstić information content (AvgIpc) is 2.99. The molecule has 1 aliphatic rings. The van der Waals surface area contributed by atoms with E-state index < -0.39 is 0 Å². The minimum Gasteiger partial charge on any atom is -0.287 e. The van der Waals surface area contributed by atoms with Crippen molar-refractivity contribution in [2.45, 2.75) is 50.1 Å². The molecule has 130 valence electrons. The van der Waals surface area contributed by atoms with Gasteiger partial charge >= 0.3 is 0 Å². The smallest absolute Gasteiger partial charge is 0.263 e. The van der Waals surface area contributed by atoms with Crippen LogP contribution in [-0.4, -0.2) is 9.55 Å². The van der Waals surface area contributed by atoms with Gasteiger partial charge < -0.3 is 0 Å². The topological polar surface area (TPSA) is 34.9 Å². The van der Waals surface area contributed by atoms with Crippen molar-refractivity contribution < 1.29 is 0 Å². The largest absolute Gasteiger partial charge is 0.287 e. The second-order valence-electron chi connectivity index (χ2n) is 6.21. The van der Waals surface area contributed by atoms with E-state index >= 15 is 0 Å². The fourth-order valence-electron chi connectivity index (χ4n) is 3.37. The Bertz CT molecular complexity index is 993. The first kappa shape index (κ1) is 17.1. The van der Waals surface area contributed by atoms with Crippen LogP contribution in [0, 0.1) is 0 Å². The molecule has 0 saturated heterocycles. The highest BCUT2D eigenvalue weighted by atomic mass is 35.5. The van der Waals surface area contributed by atoms with Crippen molar-refractivity contribution in [3.63, 3.8) is 0 Å². The Hall–Kier alpha value is -1.30. The van der Waals surface area contributed by atoms with Gasteiger partial charge in [-0.1, -0.05) is 41.6 Å². The number of hydrogen-bond donors (Lipinski definition) is 0. The molecule has 0 bridgehead atoms. The SMILES string of the molecule is CCn1c(SCc2ccccc2Cl)nc2sc3c(c2c1=O)CCCC3. The monoisotopic (exact) mass is 390 g/mol. The number of aromatic nitrogens is 2. The lowest BCUT2D eigenvalue weighted by atomic mass is 9.97. The molecule has 6 heteroatoms. The van der Waals surface area contributed by atoms with Gasteiger partial charge in [-0.3, -0.25) is 9.36 Å². The number of benzene rings is 1. The predicted octanol–water partition coefficient (Wildman–Crippen LogP) is 5.30. The van der Waals surface area contributed by atoms with Crippen LogP contribution in [0.4, 0.5) is 0 Å². The lowest BCUT2D eigenvalue weighted by molar-refractivity contribution is 0.633. The Morgan fingerprint density at radius 1 is 1.28 bits per heavy atom. The second-order valence-corrected chi connectivity index (χ2v) is 8.65. The van der Waals surface area contributed by atoms with Gasteiger partial charge in [0.25, 0.3) is 5.56 Å². The quantitative estimate of drug-likeness (QED) is 0.447. The van der Waals surface area contributed by atoms with Crippen molar-refractivity contribution in [2.24, 2.45) is 0 Å². The number of hydrogen-bond acceptors (Lipinski definition) is 4. The molecule has 1 aromatic carbocycles. The molecule has 0 radical (unpaired) electrons. The Kier molecular flexibility index (Phi) is 4.89. The first-order chi connectivity index (χ1) is 12.2. The third-order valence-electron chi connectivity index (χ3n) is 4.67. The molecule has 2 aromatic heterocycles. The van der Waals surface area contributed by atoms with Gasteiger partial charge in [0.1, 0.15) is 4.83 Å². The van der Waals surface area contributed by atoms with E-state index in [2.05, 4.69) is 0 Å². The van der Waals surface area contributed by atoms with Gasteiger partial charge in [0.15, 0.2) is 5.16 Å². The number of halogens is 1. The van der Waals surface area contributed by atoms with Gasteiger partial charge in [-0.05, 0) is 49.8 Å². The third-order valence-corrected chi connectivity index (χ3v) is 7.25. The standard InChI is InChI=1S/C19H19ClN2OS2/c1-2-22-18(23)16-13-8-4-6-10-15(13)25-17(16)21-19(22)24-11-12-7-3-5-9-14(12)20/h3,5,7,9H,2,4,6,8,10-11H2,1H3. The first-order valence-corrected chi connectivity index (χ1v) is 10.8. The summed E-state index contributed by atoms with van der Waals surface area (Å²) in [6.07, 6.45) is 4.50. The van der Waals surface area contributed by atoms with E-state index in [4.69, 9.17) is 16.6 Å². The maximum Gasteiger partial charge on any atom is 0.263 e. The maximum atomic E-state index is 13.1. The third kappa shape index (κ3) is 3.14. The van der Waals surface area contributed by atoms with Gasteiger partial charge in [0, 0.05) is 22.2 Å². The van der Waals surface area contributed by atoms with Crippen molar-refractivity contribution in [3.8, 4) is 0 Å². The summed E-state index contributed by atoms with van der Waals surface area (Å²) in [5.41, 5.74) is 2.44. The van der Waals surface area contributed by atoms with Crippen molar-refractivity contribution in [1.82, 2.24) is 9.55 Å². The fraction of sp³-hybridized carbons (Fsp3) is 0.368. The van der Waals surface area contributed by atoms with Gasteiger partial charge in [-0.25, -0.2) is 4.98 Å². The summed E-state index contributed by atoms with van der Waals surface area (Å²) in [6, 6.07) is 7.83. The predicted molar refractivity (Wildman–Crippen MR) is 107 cm³/mol. The lowest BCUT2D eigenvalue weighted by Crippen LogP contribution is -2.23. The minimum atomic E-state index is 0.119. The number of rotatable bonds is 4. The molecule has 0 aliphatic heterocycles. The molecule has 2 heterocycles. The highest BCUT2D eigenvalue weighted by Crippen LogP contribution is 2.35. The van der Waals surface area contributed by atoms with E-state index in [1.807, 2.05) is 35.8 Å². The molecule has 3 nitrogen and oxygen atoms in total. The molecule has 3 aromatic rings. The summed E-state index contributed by atoms with van der Waals surface area (Å²) in [5.74, 6) is 0.711. The van der Waals surface area contributed by atoms with Crippen molar-refractivity contribution in [2.75, 3.05) is 0 Å². The molecular formula is C19H19ClN2OS2. The zero-order chi connectivity index (χ0) is 17.4. The lowest BCUT2D eigenvalue weighted by Gasteiger charge is -2.12. The van der Waals surface area contributed by atoms with Crippen molar-refractivity contribution in [3.05, 3.63) is 55.6 Å². The zero-order valence-corrected chi connectivity index (χ0v) is 16.4. The summed E-state index contributed by atoms with van der Waals surface area (Å²) in [4.78, 5) is 20.2. The van der Waals surface area contributed by atoms with Crippen molar-refractivity contribution >= 4 is 44.9 Å². The van der Waals surface area contributed by atoms with Crippen LogP contribution < -0.4 is 5.56 Å². The van der Waals surface area contributed by atoms with Crippen LogP contribution >= 0.6 is 34.7 Å². The number of aryl methyl sites for hydroxylation is 2. The van der Waals surface area contributed by atoms with E-state index in [1.165, 1.54) is 23.3 Å². The minimum absolute atomic E-state index is 0.119. The van der Waals surface area contributed by atoms with Crippen LogP contribution in [0.5, 0.6) is 0 Å². The molecule has 0 spiro atoms. The van der Waals surface area contributed by atoms with Crippen LogP contribution in [0.3, 0.4) is 0 Å². The summed E-state index contributed by atoms with van der Waals surface area (Å²) in [7, 11) is 0. The summed E-state index contributed by atoms with van der Waals surface area (Å²) in [5, 5.41) is 2.41. The van der Waals surface area contributed by atoms with Crippen LogP contribution in [0.25, 0.3) is 10.2 Å². The second kappa shape index (κ2) is 7.14. The fourth-order valence-corrected chi connectivity index (χ4v) is 6.02. The number of thiophene rings is 1. The Labute approximate surface area is 160 Å². The van der Waals surface area contributed by atoms with Gasteiger partial charge in [0.2, 0.25) is 0 Å². The van der Waals surface area contributed by atoms with E-state index in [-0.39, 0.29) is 5.56 Å². The van der Waals surface area contributed by atoms with E-state index in [1.54, 1.807) is 23.1 Å². The molecule has 4 rings (SSSR count). The van der Waals surface area contributed by atoms with Crippen LogP contribution in [0.1, 0.15) is 35.8 Å². The van der Waals surface area contributed by atoms with E-state index in [0.29, 0.717) is 12.3 Å². The van der Waals surface area contributed by atoms with Gasteiger partial charge in [0.05, 0.1) is 5.39 Å². The number of nitrogens with zero attached hydrogens (tertiary/aromatic N) is 2. The number of fused-ring (bicyclic) bond motifs is 3. The molecular weight excluding hydrogens is 372 g/mol. The summed E-state index contributed by atoms with van der Waals surface area (Å²) >= 11 is 9.56. The molecule has 0 fully saturated rings. The summed E-state index contributed by atoms with van der Waals surface area (Å²) in [6.45, 7) is 2.64. The van der Waals surface area contributed by atoms with E-state index in [9.17, 15) is 4.79 Å². The van der Waals surface area contributed by atoms with Crippen LogP contribution in [-0.2, 0) is 25.1 Å². The maximum absolute atomic E-state index is 13.1. The Morgan fingerprint density at radius 3 is 2.88 bits per heavy atom. The average molecular weight is 391 g/mol. The highest BCUT2D eigenvalue weighted by molar-refractivity contribution is 7.98. The molecule has 1 aliphatic carbocycles. The van der Waals surface area contributed by atoms with Crippen LogP contribution in [0.15, 0.2) is 34.2 Å². The normalized spacial score (nSPS) is 14.0. The summed E-state index contributed by atoms with van der Waals surface area (Å²) < 4.78 is 1.81. The first-order valence-electron chi connectivity index (χ1n) is 8.60. The van der Waals surface area contributed by atoms with E-state index in [0.717, 1.165) is 38.8 Å². The zero-order valence-electron chi connectivity index (χ0n) is 14.0. The van der Waals surface area contributed by atoms with Crippen molar-refractivity contribution in [1.29, 1.82) is 0 Å². The molecule has 0 amide bonds. The van der Waals surface area contributed by atoms with Gasteiger partial charge in [-0.2, -0.15) is 0 Å². The molecule has 25 heavy (non-hydrogen) atoms. The molecule has 0 unspecified atom stereocenters.